The average Bonchev–Trinajstić information content (AvgIpc) is 2.56. The van der Waals surface area contributed by atoms with Gasteiger partial charge in [0, 0.05) is 7.11 Å². The molecular weight excluding hydrogens is 160 g/mol. The highest BCUT2D eigenvalue weighted by molar-refractivity contribution is 5.07. The first-order valence-electron chi connectivity index (χ1n) is 4.16. The molecule has 4 atom stereocenters. The molecule has 1 unspecified atom stereocenters. The third-order valence-corrected chi connectivity index (χ3v) is 2.74. The Hall–Kier alpha value is -0.160. The van der Waals surface area contributed by atoms with Crippen LogP contribution < -0.4 is 0 Å². The van der Waals surface area contributed by atoms with Gasteiger partial charge in [0.15, 0.2) is 0 Å². The molecule has 2 heterocycles. The number of aliphatic hydroxyl groups excluding tert-OH is 1. The summed E-state index contributed by atoms with van der Waals surface area (Å²) in [6, 6.07) is 0. The molecular formula is C8H14O4. The van der Waals surface area contributed by atoms with E-state index in [0.717, 1.165) is 0 Å². The summed E-state index contributed by atoms with van der Waals surface area (Å²) in [7, 11) is 1.62. The molecule has 0 saturated carbocycles. The van der Waals surface area contributed by atoms with Gasteiger partial charge in [-0.15, -0.1) is 0 Å². The third kappa shape index (κ3) is 0.864. The van der Waals surface area contributed by atoms with E-state index >= 15 is 0 Å². The van der Waals surface area contributed by atoms with Crippen molar-refractivity contribution in [2.75, 3.05) is 20.3 Å². The van der Waals surface area contributed by atoms with E-state index in [1.54, 1.807) is 7.11 Å². The summed E-state index contributed by atoms with van der Waals surface area (Å²) in [4.78, 5) is 0. The topological polar surface area (TPSA) is 47.9 Å². The summed E-state index contributed by atoms with van der Waals surface area (Å²) in [5.41, 5.74) is -0.598. The van der Waals surface area contributed by atoms with Gasteiger partial charge >= 0.3 is 0 Å². The Kier molecular flexibility index (Phi) is 1.88. The Morgan fingerprint density at radius 1 is 1.67 bits per heavy atom. The van der Waals surface area contributed by atoms with Gasteiger partial charge in [-0.25, -0.2) is 0 Å². The minimum absolute atomic E-state index is 0.0119. The highest BCUT2D eigenvalue weighted by Gasteiger charge is 2.60. The zero-order valence-corrected chi connectivity index (χ0v) is 7.32. The van der Waals surface area contributed by atoms with Gasteiger partial charge in [-0.3, -0.25) is 0 Å². The number of hydrogen-bond donors (Lipinski definition) is 1. The maximum Gasteiger partial charge on any atom is 0.143 e. The number of hydrogen-bond acceptors (Lipinski definition) is 4. The van der Waals surface area contributed by atoms with E-state index in [4.69, 9.17) is 14.2 Å². The molecule has 0 aliphatic carbocycles. The largest absolute Gasteiger partial charge is 0.393 e. The lowest BCUT2D eigenvalue weighted by Crippen LogP contribution is -2.45. The molecule has 0 aromatic heterocycles. The van der Waals surface area contributed by atoms with Gasteiger partial charge in [0.2, 0.25) is 0 Å². The van der Waals surface area contributed by atoms with Crippen LogP contribution in [0.1, 0.15) is 6.92 Å². The Labute approximate surface area is 71.4 Å². The lowest BCUT2D eigenvalue weighted by molar-refractivity contribution is -0.156. The molecule has 0 amide bonds. The van der Waals surface area contributed by atoms with Crippen molar-refractivity contribution in [3.05, 3.63) is 0 Å². The Balaban J connectivity index is 2.23. The van der Waals surface area contributed by atoms with Crippen molar-refractivity contribution in [3.8, 4) is 0 Å². The number of aliphatic hydroxyl groups is 1. The van der Waals surface area contributed by atoms with E-state index in [9.17, 15) is 5.11 Å². The molecule has 70 valence electrons. The van der Waals surface area contributed by atoms with Crippen LogP contribution in [0.25, 0.3) is 0 Å². The predicted octanol–water partition coefficient (Wildman–Crippen LogP) is -0.450. The molecule has 4 nitrogen and oxygen atoms in total. The minimum atomic E-state index is -0.598. The van der Waals surface area contributed by atoms with Crippen LogP contribution >= 0.6 is 0 Å². The summed E-state index contributed by atoms with van der Waals surface area (Å²) in [5, 5.41) is 9.18. The van der Waals surface area contributed by atoms with Crippen molar-refractivity contribution in [3.63, 3.8) is 0 Å². The van der Waals surface area contributed by atoms with Crippen molar-refractivity contribution in [2.24, 2.45) is 0 Å². The standard InChI is InChI=1S/C8H14O4/c1-5-6-7(10-2)8(3-9,12-5)4-11-6/h5-7,9H,3-4H2,1-2H3/t5-,6+,7?,8+/m0/s1. The second-order valence-electron chi connectivity index (χ2n) is 3.48. The summed E-state index contributed by atoms with van der Waals surface area (Å²) in [5.74, 6) is 0. The first-order valence-corrected chi connectivity index (χ1v) is 4.16. The zero-order valence-electron chi connectivity index (χ0n) is 7.32. The molecule has 2 saturated heterocycles. The first kappa shape index (κ1) is 8.44. The SMILES string of the molecule is COC1[C@@H]2OC[C@@]1(CO)O[C@H]2C. The van der Waals surface area contributed by atoms with Gasteiger partial charge in [-0.05, 0) is 6.92 Å². The monoisotopic (exact) mass is 174 g/mol. The Morgan fingerprint density at radius 2 is 2.42 bits per heavy atom. The second kappa shape index (κ2) is 2.67. The van der Waals surface area contributed by atoms with E-state index in [1.165, 1.54) is 0 Å². The Morgan fingerprint density at radius 3 is 2.83 bits per heavy atom. The highest BCUT2D eigenvalue weighted by Crippen LogP contribution is 2.40. The van der Waals surface area contributed by atoms with E-state index in [1.807, 2.05) is 6.92 Å². The van der Waals surface area contributed by atoms with Crippen LogP contribution in [0.3, 0.4) is 0 Å². The van der Waals surface area contributed by atoms with Crippen molar-refractivity contribution < 1.29 is 19.3 Å². The smallest absolute Gasteiger partial charge is 0.143 e. The summed E-state index contributed by atoms with van der Waals surface area (Å²) >= 11 is 0. The van der Waals surface area contributed by atoms with Crippen molar-refractivity contribution >= 4 is 0 Å². The van der Waals surface area contributed by atoms with E-state index in [-0.39, 0.29) is 24.9 Å². The summed E-state index contributed by atoms with van der Waals surface area (Å²) < 4.78 is 16.3. The molecule has 0 aromatic carbocycles. The van der Waals surface area contributed by atoms with Crippen LogP contribution in [0.2, 0.25) is 0 Å². The van der Waals surface area contributed by atoms with Gasteiger partial charge in [0.25, 0.3) is 0 Å². The molecule has 2 bridgehead atoms. The Bertz CT molecular complexity index is 184. The molecule has 4 heteroatoms. The van der Waals surface area contributed by atoms with Crippen molar-refractivity contribution in [2.45, 2.75) is 30.8 Å². The average molecular weight is 174 g/mol. The molecule has 0 radical (unpaired) electrons. The number of rotatable bonds is 2. The highest BCUT2D eigenvalue weighted by atomic mass is 16.7. The number of methoxy groups -OCH3 is 1. The molecule has 2 aliphatic rings. The fourth-order valence-corrected chi connectivity index (χ4v) is 2.15. The molecule has 0 aromatic rings. The zero-order chi connectivity index (χ0) is 8.77. The van der Waals surface area contributed by atoms with Crippen LogP contribution in [0.5, 0.6) is 0 Å². The number of ether oxygens (including phenoxy) is 3. The van der Waals surface area contributed by atoms with Crippen LogP contribution in [-0.2, 0) is 14.2 Å². The number of fused-ring (bicyclic) bond motifs is 2. The maximum atomic E-state index is 9.18. The second-order valence-corrected chi connectivity index (χ2v) is 3.48. The summed E-state index contributed by atoms with van der Waals surface area (Å²) in [6.07, 6.45) is -0.101. The lowest BCUT2D eigenvalue weighted by atomic mass is 10.00. The van der Waals surface area contributed by atoms with Crippen molar-refractivity contribution in [1.29, 1.82) is 0 Å². The van der Waals surface area contributed by atoms with Crippen molar-refractivity contribution in [1.82, 2.24) is 0 Å². The fourth-order valence-electron chi connectivity index (χ4n) is 2.15. The predicted molar refractivity (Wildman–Crippen MR) is 40.9 cm³/mol. The molecule has 2 aliphatic heterocycles. The quantitative estimate of drug-likeness (QED) is 0.616. The third-order valence-electron chi connectivity index (χ3n) is 2.74. The minimum Gasteiger partial charge on any atom is -0.393 e. The van der Waals surface area contributed by atoms with E-state index in [0.29, 0.717) is 6.61 Å². The van der Waals surface area contributed by atoms with Gasteiger partial charge in [-0.1, -0.05) is 0 Å². The van der Waals surface area contributed by atoms with E-state index < -0.39 is 5.60 Å². The molecule has 2 rings (SSSR count). The molecule has 1 N–H and O–H groups in total. The van der Waals surface area contributed by atoms with Crippen LogP contribution in [0.4, 0.5) is 0 Å². The molecule has 12 heavy (non-hydrogen) atoms. The van der Waals surface area contributed by atoms with Gasteiger partial charge in [-0.2, -0.15) is 0 Å². The lowest BCUT2D eigenvalue weighted by Gasteiger charge is -2.27. The molecule has 0 spiro atoms. The maximum absolute atomic E-state index is 9.18. The van der Waals surface area contributed by atoms with Crippen LogP contribution in [-0.4, -0.2) is 49.3 Å². The van der Waals surface area contributed by atoms with Gasteiger partial charge in [0.1, 0.15) is 17.8 Å². The van der Waals surface area contributed by atoms with Gasteiger partial charge < -0.3 is 19.3 Å². The van der Waals surface area contributed by atoms with Crippen LogP contribution in [0.15, 0.2) is 0 Å². The van der Waals surface area contributed by atoms with Crippen LogP contribution in [0, 0.1) is 0 Å². The fraction of sp³-hybridized carbons (Fsp3) is 1.00. The normalized spacial score (nSPS) is 51.8. The first-order chi connectivity index (χ1) is 5.73. The van der Waals surface area contributed by atoms with E-state index in [2.05, 4.69) is 0 Å². The summed E-state index contributed by atoms with van der Waals surface area (Å²) in [6.45, 7) is 2.34. The van der Waals surface area contributed by atoms with Gasteiger partial charge in [0.05, 0.1) is 19.3 Å². The molecule has 2 fully saturated rings.